The summed E-state index contributed by atoms with van der Waals surface area (Å²) in [6.07, 6.45) is 0.391. The summed E-state index contributed by atoms with van der Waals surface area (Å²) in [5.74, 6) is 0.529. The lowest BCUT2D eigenvalue weighted by atomic mass is 9.92. The number of aromatic nitrogens is 1. The van der Waals surface area contributed by atoms with Crippen LogP contribution in [-0.2, 0) is 13.0 Å². The van der Waals surface area contributed by atoms with E-state index in [4.69, 9.17) is 9.47 Å². The summed E-state index contributed by atoms with van der Waals surface area (Å²) in [4.78, 5) is 14.5. The molecule has 1 N–H and O–H groups in total. The fraction of sp³-hybridized carbons (Fsp3) is 0.289. The summed E-state index contributed by atoms with van der Waals surface area (Å²) in [6.45, 7) is 10.9. The molecule has 0 radical (unpaired) electrons. The maximum atomic E-state index is 12.4. The Bertz CT molecular complexity index is 1820. The predicted octanol–water partition coefficient (Wildman–Crippen LogP) is 9.39. The topological polar surface area (TPSA) is 63.9 Å². The van der Waals surface area contributed by atoms with Crippen LogP contribution in [0.25, 0.3) is 22.0 Å². The maximum Gasteiger partial charge on any atom is 0.336 e. The van der Waals surface area contributed by atoms with Crippen molar-refractivity contribution in [3.05, 3.63) is 111 Å². The van der Waals surface area contributed by atoms with Gasteiger partial charge in [0.1, 0.15) is 0 Å². The zero-order valence-corrected chi connectivity index (χ0v) is 28.4. The van der Waals surface area contributed by atoms with Crippen LogP contribution in [0.15, 0.2) is 83.3 Å². The minimum Gasteiger partial charge on any atom is -0.493 e. The average molecular weight is 670 g/mol. The molecule has 234 valence electrons. The van der Waals surface area contributed by atoms with Gasteiger partial charge in [-0.2, -0.15) is 0 Å². The van der Waals surface area contributed by atoms with E-state index in [0.29, 0.717) is 23.5 Å². The van der Waals surface area contributed by atoms with E-state index in [2.05, 4.69) is 108 Å². The lowest BCUT2D eigenvalue weighted by molar-refractivity contribution is 0.0696. The van der Waals surface area contributed by atoms with E-state index in [1.165, 1.54) is 11.3 Å². The molecule has 0 unspecified atom stereocenters. The fourth-order valence-corrected chi connectivity index (χ4v) is 6.69. The molecular formula is C38H41BrN2O4. The van der Waals surface area contributed by atoms with Crippen LogP contribution in [0.3, 0.4) is 0 Å². The number of aromatic carboxylic acids is 1. The number of carbonyl (C=O) groups is 1. The Hall–Kier alpha value is -4.23. The molecule has 0 saturated carbocycles. The molecule has 0 amide bonds. The van der Waals surface area contributed by atoms with Crippen molar-refractivity contribution in [3.8, 4) is 22.6 Å². The molecule has 6 nitrogen and oxygen atoms in total. The minimum absolute atomic E-state index is 0.223. The van der Waals surface area contributed by atoms with Gasteiger partial charge in [0.2, 0.25) is 0 Å². The highest BCUT2D eigenvalue weighted by Gasteiger charge is 2.26. The number of carboxylic acid groups (broad SMARTS) is 1. The highest BCUT2D eigenvalue weighted by Crippen LogP contribution is 2.47. The van der Waals surface area contributed by atoms with Crippen molar-refractivity contribution in [2.24, 2.45) is 0 Å². The number of carboxylic acids is 1. The van der Waals surface area contributed by atoms with Gasteiger partial charge in [0.25, 0.3) is 0 Å². The largest absolute Gasteiger partial charge is 0.493 e. The molecule has 0 aliphatic carbocycles. The second kappa shape index (κ2) is 13.8. The van der Waals surface area contributed by atoms with Crippen LogP contribution >= 0.6 is 15.9 Å². The van der Waals surface area contributed by atoms with Crippen molar-refractivity contribution in [2.75, 3.05) is 32.2 Å². The zero-order valence-electron chi connectivity index (χ0n) is 26.9. The molecule has 7 heteroatoms. The number of fused-ring (bicyclic) bond motifs is 1. The van der Waals surface area contributed by atoms with Gasteiger partial charge in [-0.25, -0.2) is 4.79 Å². The first kappa shape index (κ1) is 32.2. The van der Waals surface area contributed by atoms with Crippen LogP contribution in [0, 0.1) is 0 Å². The van der Waals surface area contributed by atoms with Crippen molar-refractivity contribution in [3.63, 3.8) is 0 Å². The van der Waals surface area contributed by atoms with Gasteiger partial charge in [-0.1, -0.05) is 72.2 Å². The van der Waals surface area contributed by atoms with Crippen LogP contribution in [-0.4, -0.2) is 43.0 Å². The monoisotopic (exact) mass is 668 g/mol. The number of hydrogen-bond acceptors (Lipinski definition) is 4. The second-order valence-corrected chi connectivity index (χ2v) is 12.4. The molecule has 1 heterocycles. The Kier molecular flexibility index (Phi) is 9.88. The van der Waals surface area contributed by atoms with Crippen LogP contribution in [0.1, 0.15) is 66.4 Å². The number of rotatable bonds is 12. The fourth-order valence-electron chi connectivity index (χ4n) is 6.42. The maximum absolute atomic E-state index is 12.4. The van der Waals surface area contributed by atoms with Gasteiger partial charge in [0.15, 0.2) is 11.5 Å². The standard InChI is InChI=1S/C38H41BrN2O4/c1-7-40(8-2)29-19-15-26(32(22-29)38(42)43)21-27-16-20-31(37(45-6)36(27)44-5)34-30-11-9-10-12-33(30)41(35(34)24(3)4)23-25-13-17-28(39)18-14-25/h9-20,22,24H,7-8,21,23H2,1-6H3,(H,42,43). The number of benzene rings is 4. The number of methoxy groups -OCH3 is 2. The number of halogens is 1. The number of ether oxygens (including phenoxy) is 2. The van der Waals surface area contributed by atoms with Crippen molar-refractivity contribution in [2.45, 2.75) is 46.6 Å². The molecule has 4 aromatic carbocycles. The van der Waals surface area contributed by atoms with Gasteiger partial charge in [-0.3, -0.25) is 0 Å². The van der Waals surface area contributed by atoms with Crippen LogP contribution in [0.4, 0.5) is 5.69 Å². The summed E-state index contributed by atoms with van der Waals surface area (Å²) in [7, 11) is 3.32. The van der Waals surface area contributed by atoms with Gasteiger partial charge in [0, 0.05) is 69.5 Å². The van der Waals surface area contributed by atoms with E-state index in [1.807, 2.05) is 18.2 Å². The quantitative estimate of drug-likeness (QED) is 0.143. The minimum atomic E-state index is -0.943. The lowest BCUT2D eigenvalue weighted by Gasteiger charge is -2.22. The molecule has 0 aliphatic rings. The van der Waals surface area contributed by atoms with Gasteiger partial charge in [-0.05, 0) is 67.3 Å². The number of anilines is 1. The Labute approximate surface area is 274 Å². The molecule has 0 fully saturated rings. The summed E-state index contributed by atoms with van der Waals surface area (Å²) in [5.41, 5.74) is 8.44. The van der Waals surface area contributed by atoms with E-state index in [1.54, 1.807) is 20.3 Å². The molecule has 0 spiro atoms. The molecule has 5 aromatic rings. The third kappa shape index (κ3) is 6.32. The third-order valence-corrected chi connectivity index (χ3v) is 9.05. The van der Waals surface area contributed by atoms with Gasteiger partial charge in [0.05, 0.1) is 19.8 Å². The van der Waals surface area contributed by atoms with E-state index < -0.39 is 5.97 Å². The number of nitrogens with zero attached hydrogens (tertiary/aromatic N) is 2. The molecule has 0 atom stereocenters. The summed E-state index contributed by atoms with van der Waals surface area (Å²) < 4.78 is 15.6. The van der Waals surface area contributed by atoms with E-state index in [-0.39, 0.29) is 5.92 Å². The lowest BCUT2D eigenvalue weighted by Crippen LogP contribution is -2.22. The zero-order chi connectivity index (χ0) is 32.2. The first-order valence-corrected chi connectivity index (χ1v) is 16.2. The van der Waals surface area contributed by atoms with E-state index in [0.717, 1.165) is 63.0 Å². The molecule has 0 bridgehead atoms. The van der Waals surface area contributed by atoms with Gasteiger partial charge < -0.3 is 24.0 Å². The highest BCUT2D eigenvalue weighted by molar-refractivity contribution is 9.10. The molecular weight excluding hydrogens is 628 g/mol. The Balaban J connectivity index is 1.66. The van der Waals surface area contributed by atoms with Gasteiger partial charge >= 0.3 is 5.97 Å². The first-order valence-electron chi connectivity index (χ1n) is 15.4. The van der Waals surface area contributed by atoms with Crippen molar-refractivity contribution in [1.82, 2.24) is 4.57 Å². The van der Waals surface area contributed by atoms with Gasteiger partial charge in [-0.15, -0.1) is 0 Å². The number of hydrogen-bond donors (Lipinski definition) is 1. The Morgan fingerprint density at radius 1 is 0.889 bits per heavy atom. The first-order chi connectivity index (χ1) is 21.7. The average Bonchev–Trinajstić information content (AvgIpc) is 3.36. The van der Waals surface area contributed by atoms with Crippen LogP contribution in [0.5, 0.6) is 11.5 Å². The summed E-state index contributed by atoms with van der Waals surface area (Å²) >= 11 is 3.56. The normalized spacial score (nSPS) is 11.3. The SMILES string of the molecule is CCN(CC)c1ccc(Cc2ccc(-c3c(C(C)C)n(Cc4ccc(Br)cc4)c4ccccc34)c(OC)c2OC)c(C(=O)O)c1. The van der Waals surface area contributed by atoms with Crippen LogP contribution < -0.4 is 14.4 Å². The van der Waals surface area contributed by atoms with E-state index >= 15 is 0 Å². The molecule has 1 aromatic heterocycles. The van der Waals surface area contributed by atoms with Crippen molar-refractivity contribution < 1.29 is 19.4 Å². The molecule has 5 rings (SSSR count). The third-order valence-electron chi connectivity index (χ3n) is 8.52. The Morgan fingerprint density at radius 3 is 2.18 bits per heavy atom. The number of para-hydroxylation sites is 1. The summed E-state index contributed by atoms with van der Waals surface area (Å²) in [5, 5.41) is 11.3. The molecule has 0 saturated heterocycles. The molecule has 0 aliphatic heterocycles. The molecule has 45 heavy (non-hydrogen) atoms. The van der Waals surface area contributed by atoms with Crippen LogP contribution in [0.2, 0.25) is 0 Å². The van der Waals surface area contributed by atoms with E-state index in [9.17, 15) is 9.90 Å². The smallest absolute Gasteiger partial charge is 0.336 e. The van der Waals surface area contributed by atoms with Crippen molar-refractivity contribution in [1.29, 1.82) is 0 Å². The highest BCUT2D eigenvalue weighted by atomic mass is 79.9. The Morgan fingerprint density at radius 2 is 1.56 bits per heavy atom. The van der Waals surface area contributed by atoms with Crippen molar-refractivity contribution >= 4 is 38.5 Å². The predicted molar refractivity (Wildman–Crippen MR) is 188 cm³/mol. The second-order valence-electron chi connectivity index (χ2n) is 11.5. The summed E-state index contributed by atoms with van der Waals surface area (Å²) in [6, 6.07) is 26.8.